The molecule has 9 heteroatoms. The number of hydrogen-bond donors (Lipinski definition) is 0. The standard InChI is InChI=1S/C22H22IN5O3/c1-13-10-25-20(27-11-14(9-24)26-19(13)27)28(21(29)31-22(2,3)4)12-16-15-7-8-30-18(15)6-5-17(16)23/h5-6,10-11H,7-8,12H2,1-4H3. The largest absolute Gasteiger partial charge is 0.493 e. The third kappa shape index (κ3) is 4.17. The lowest BCUT2D eigenvalue weighted by Crippen LogP contribution is -2.38. The average molecular weight is 531 g/mol. The number of aryl methyl sites for hydroxylation is 1. The Morgan fingerprint density at radius 1 is 1.42 bits per heavy atom. The molecule has 0 bridgehead atoms. The lowest BCUT2D eigenvalue weighted by molar-refractivity contribution is 0.0574. The van der Waals surface area contributed by atoms with Crippen molar-refractivity contribution in [1.82, 2.24) is 14.4 Å². The number of hydrogen-bond acceptors (Lipinski definition) is 6. The second-order valence-electron chi connectivity index (χ2n) is 8.34. The molecule has 2 aromatic heterocycles. The van der Waals surface area contributed by atoms with Gasteiger partial charge in [-0.2, -0.15) is 5.26 Å². The Kier molecular flexibility index (Phi) is 5.51. The van der Waals surface area contributed by atoms with Crippen molar-refractivity contribution < 1.29 is 14.3 Å². The van der Waals surface area contributed by atoms with E-state index in [-0.39, 0.29) is 12.2 Å². The second-order valence-corrected chi connectivity index (χ2v) is 9.50. The molecule has 0 atom stereocenters. The van der Waals surface area contributed by atoms with Crippen molar-refractivity contribution in [2.75, 3.05) is 11.5 Å². The van der Waals surface area contributed by atoms with Crippen molar-refractivity contribution in [3.63, 3.8) is 0 Å². The number of rotatable bonds is 3. The van der Waals surface area contributed by atoms with Gasteiger partial charge in [-0.15, -0.1) is 0 Å². The number of nitriles is 1. The Morgan fingerprint density at radius 3 is 2.90 bits per heavy atom. The first-order valence-electron chi connectivity index (χ1n) is 9.86. The summed E-state index contributed by atoms with van der Waals surface area (Å²) in [5.74, 6) is 1.19. The van der Waals surface area contributed by atoms with Crippen molar-refractivity contribution in [1.29, 1.82) is 5.26 Å². The molecular weight excluding hydrogens is 509 g/mol. The van der Waals surface area contributed by atoms with Gasteiger partial charge in [-0.25, -0.2) is 19.7 Å². The number of carbonyl (C=O) groups excluding carboxylic acids is 1. The second kappa shape index (κ2) is 8.00. The van der Waals surface area contributed by atoms with E-state index in [1.54, 1.807) is 16.8 Å². The Labute approximate surface area is 193 Å². The maximum Gasteiger partial charge on any atom is 0.417 e. The number of nitrogens with zero attached hydrogens (tertiary/aromatic N) is 5. The van der Waals surface area contributed by atoms with Crippen LogP contribution in [0.4, 0.5) is 10.7 Å². The van der Waals surface area contributed by atoms with Crippen molar-refractivity contribution in [2.24, 2.45) is 0 Å². The lowest BCUT2D eigenvalue weighted by atomic mass is 10.0. The topological polar surface area (TPSA) is 92.8 Å². The van der Waals surface area contributed by atoms with E-state index in [0.29, 0.717) is 18.2 Å². The van der Waals surface area contributed by atoms with Gasteiger partial charge in [0.25, 0.3) is 0 Å². The highest BCUT2D eigenvalue weighted by atomic mass is 127. The Balaban J connectivity index is 1.86. The Hall–Kier alpha value is -2.87. The molecule has 3 heterocycles. The van der Waals surface area contributed by atoms with Gasteiger partial charge in [-0.05, 0) is 68.0 Å². The zero-order chi connectivity index (χ0) is 22.3. The summed E-state index contributed by atoms with van der Waals surface area (Å²) >= 11 is 2.27. The minimum absolute atomic E-state index is 0.255. The molecule has 0 fully saturated rings. The van der Waals surface area contributed by atoms with Crippen LogP contribution in [0.5, 0.6) is 5.75 Å². The summed E-state index contributed by atoms with van der Waals surface area (Å²) in [6.07, 6.45) is 3.50. The highest BCUT2D eigenvalue weighted by Crippen LogP contribution is 2.33. The third-order valence-corrected chi connectivity index (χ3v) is 5.89. The van der Waals surface area contributed by atoms with Crippen molar-refractivity contribution in [3.05, 3.63) is 50.5 Å². The summed E-state index contributed by atoms with van der Waals surface area (Å²) in [7, 11) is 0. The van der Waals surface area contributed by atoms with E-state index in [1.807, 2.05) is 39.8 Å². The molecule has 1 aliphatic rings. The van der Waals surface area contributed by atoms with Crippen molar-refractivity contribution in [3.8, 4) is 11.8 Å². The quantitative estimate of drug-likeness (QED) is 0.466. The molecule has 0 unspecified atom stereocenters. The fraction of sp³-hybridized carbons (Fsp3) is 0.364. The number of benzene rings is 1. The van der Waals surface area contributed by atoms with Crippen LogP contribution < -0.4 is 9.64 Å². The number of anilines is 1. The Bertz CT molecular complexity index is 1220. The first-order valence-corrected chi connectivity index (χ1v) is 10.9. The lowest BCUT2D eigenvalue weighted by Gasteiger charge is -2.28. The van der Waals surface area contributed by atoms with Crippen LogP contribution in [0.3, 0.4) is 0 Å². The Morgan fingerprint density at radius 2 is 2.19 bits per heavy atom. The molecule has 8 nitrogen and oxygen atoms in total. The molecule has 1 aliphatic heterocycles. The van der Waals surface area contributed by atoms with Crippen LogP contribution in [0.25, 0.3) is 5.65 Å². The zero-order valence-corrected chi connectivity index (χ0v) is 19.9. The summed E-state index contributed by atoms with van der Waals surface area (Å²) in [6, 6.07) is 6.00. The van der Waals surface area contributed by atoms with Gasteiger partial charge in [-0.1, -0.05) is 0 Å². The van der Waals surface area contributed by atoms with Gasteiger partial charge >= 0.3 is 6.09 Å². The summed E-state index contributed by atoms with van der Waals surface area (Å²) in [5, 5.41) is 9.33. The minimum atomic E-state index is -0.680. The predicted octanol–water partition coefficient (Wildman–Crippen LogP) is 4.39. The van der Waals surface area contributed by atoms with Gasteiger partial charge in [0, 0.05) is 27.3 Å². The van der Waals surface area contributed by atoms with E-state index in [2.05, 4.69) is 38.6 Å². The van der Waals surface area contributed by atoms with Crippen LogP contribution in [0.2, 0.25) is 0 Å². The molecule has 0 aliphatic carbocycles. The van der Waals surface area contributed by atoms with E-state index in [4.69, 9.17) is 9.47 Å². The number of halogens is 1. The molecule has 160 valence electrons. The summed E-state index contributed by atoms with van der Waals surface area (Å²) in [5.41, 5.74) is 3.04. The van der Waals surface area contributed by atoms with Gasteiger partial charge in [0.15, 0.2) is 5.69 Å². The molecule has 0 saturated heterocycles. The molecule has 1 amide bonds. The average Bonchev–Trinajstić information content (AvgIpc) is 3.34. The molecule has 0 N–H and O–H groups in total. The van der Waals surface area contributed by atoms with E-state index in [1.165, 1.54) is 4.90 Å². The molecular formula is C22H22IN5O3. The molecule has 0 saturated carbocycles. The number of amides is 1. The van der Waals surface area contributed by atoms with Crippen LogP contribution in [-0.4, -0.2) is 32.7 Å². The zero-order valence-electron chi connectivity index (χ0n) is 17.8. The number of imidazole rings is 1. The van der Waals surface area contributed by atoms with Crippen LogP contribution in [0.15, 0.2) is 24.5 Å². The van der Waals surface area contributed by atoms with Crippen molar-refractivity contribution >= 4 is 40.3 Å². The van der Waals surface area contributed by atoms with Gasteiger partial charge in [0.05, 0.1) is 19.3 Å². The smallest absolute Gasteiger partial charge is 0.417 e. The van der Waals surface area contributed by atoms with Crippen LogP contribution in [-0.2, 0) is 17.7 Å². The SMILES string of the molecule is Cc1cnc(N(Cc2c(I)ccc3c2CCO3)C(=O)OC(C)(C)C)n2cc(C#N)nc12. The highest BCUT2D eigenvalue weighted by molar-refractivity contribution is 14.1. The number of aromatic nitrogens is 3. The normalized spacial score (nSPS) is 12.9. The number of carbonyl (C=O) groups is 1. The molecule has 4 rings (SSSR count). The molecule has 0 spiro atoms. The summed E-state index contributed by atoms with van der Waals surface area (Å²) in [4.78, 5) is 23.7. The van der Waals surface area contributed by atoms with E-state index in [0.717, 1.165) is 32.4 Å². The van der Waals surface area contributed by atoms with Gasteiger partial charge in [0.1, 0.15) is 23.1 Å². The van der Waals surface area contributed by atoms with Crippen LogP contribution in [0.1, 0.15) is 43.2 Å². The number of fused-ring (bicyclic) bond motifs is 2. The molecule has 3 aromatic rings. The van der Waals surface area contributed by atoms with Gasteiger partial charge in [0.2, 0.25) is 5.95 Å². The van der Waals surface area contributed by atoms with Crippen LogP contribution in [0, 0.1) is 21.8 Å². The maximum atomic E-state index is 13.3. The minimum Gasteiger partial charge on any atom is -0.493 e. The molecule has 31 heavy (non-hydrogen) atoms. The van der Waals surface area contributed by atoms with E-state index >= 15 is 0 Å². The monoisotopic (exact) mass is 531 g/mol. The van der Waals surface area contributed by atoms with Crippen LogP contribution >= 0.6 is 22.6 Å². The molecule has 1 aromatic carbocycles. The summed E-state index contributed by atoms with van der Waals surface area (Å²) in [6.45, 7) is 8.21. The number of ether oxygens (including phenoxy) is 2. The van der Waals surface area contributed by atoms with Gasteiger partial charge in [-0.3, -0.25) is 4.40 Å². The third-order valence-electron chi connectivity index (χ3n) is 4.87. The van der Waals surface area contributed by atoms with Crippen molar-refractivity contribution in [2.45, 2.75) is 46.3 Å². The fourth-order valence-corrected chi connectivity index (χ4v) is 4.19. The maximum absolute atomic E-state index is 13.3. The van der Waals surface area contributed by atoms with E-state index < -0.39 is 11.7 Å². The highest BCUT2D eigenvalue weighted by Gasteiger charge is 2.29. The first-order chi connectivity index (χ1) is 14.7. The molecule has 0 radical (unpaired) electrons. The first kappa shape index (κ1) is 21.4. The predicted molar refractivity (Wildman–Crippen MR) is 123 cm³/mol. The summed E-state index contributed by atoms with van der Waals surface area (Å²) < 4.78 is 14.1. The fourth-order valence-electron chi connectivity index (χ4n) is 3.52. The van der Waals surface area contributed by atoms with E-state index in [9.17, 15) is 10.1 Å². The van der Waals surface area contributed by atoms with Gasteiger partial charge < -0.3 is 9.47 Å².